The lowest BCUT2D eigenvalue weighted by Gasteiger charge is -2.00. The van der Waals surface area contributed by atoms with Crippen LogP contribution in [0.25, 0.3) is 11.3 Å². The standard InChI is InChI=1S/C17H15N5O6.C3H8O/c23-9-19-11-3-1-10(2-4-11)15-8-14(22-28-15)16(24)18-6-5-12-7-13(21-27-12)17(25)20-26;1-3-4-2/h1-4,7-9,26H,5-6H2,(H,18,24)(H,19,23)(H,20,25);3H2,1-2H3. The van der Waals surface area contributed by atoms with Gasteiger partial charge in [0.1, 0.15) is 5.76 Å². The molecule has 3 rings (SSSR count). The molecule has 0 aliphatic carbocycles. The highest BCUT2D eigenvalue weighted by atomic mass is 16.5. The lowest BCUT2D eigenvalue weighted by atomic mass is 10.1. The van der Waals surface area contributed by atoms with Crippen molar-refractivity contribution < 1.29 is 33.4 Å². The van der Waals surface area contributed by atoms with Crippen molar-refractivity contribution in [3.05, 3.63) is 53.5 Å². The Kier molecular flexibility index (Phi) is 9.56. The molecule has 0 saturated carbocycles. The molecule has 170 valence electrons. The Morgan fingerprint density at radius 1 is 1.09 bits per heavy atom. The molecular weight excluding hydrogens is 422 g/mol. The minimum absolute atomic E-state index is 0.0701. The summed E-state index contributed by atoms with van der Waals surface area (Å²) in [5, 5.41) is 20.9. The molecule has 12 nitrogen and oxygen atoms in total. The third-order valence-electron chi connectivity index (χ3n) is 3.98. The molecule has 12 heteroatoms. The van der Waals surface area contributed by atoms with Crippen LogP contribution in [-0.4, -0.2) is 54.0 Å². The van der Waals surface area contributed by atoms with Crippen molar-refractivity contribution in [3.8, 4) is 11.3 Å². The largest absolute Gasteiger partial charge is 0.385 e. The highest BCUT2D eigenvalue weighted by Gasteiger charge is 2.15. The first-order chi connectivity index (χ1) is 15.5. The second-order valence-corrected chi connectivity index (χ2v) is 6.12. The molecule has 4 N–H and O–H groups in total. The first-order valence-corrected chi connectivity index (χ1v) is 9.46. The summed E-state index contributed by atoms with van der Waals surface area (Å²) in [4.78, 5) is 33.7. The number of aromatic nitrogens is 2. The van der Waals surface area contributed by atoms with E-state index in [4.69, 9.17) is 14.3 Å². The van der Waals surface area contributed by atoms with Gasteiger partial charge in [-0.1, -0.05) is 10.3 Å². The third-order valence-corrected chi connectivity index (χ3v) is 3.98. The Hall–Kier alpha value is -4.03. The highest BCUT2D eigenvalue weighted by Crippen LogP contribution is 2.22. The van der Waals surface area contributed by atoms with E-state index < -0.39 is 11.8 Å². The Balaban J connectivity index is 0.000000837. The summed E-state index contributed by atoms with van der Waals surface area (Å²) >= 11 is 0. The average Bonchev–Trinajstić information content (AvgIpc) is 3.50. The van der Waals surface area contributed by atoms with E-state index in [0.717, 1.165) is 6.61 Å². The van der Waals surface area contributed by atoms with E-state index in [1.807, 2.05) is 6.92 Å². The number of hydrogen-bond donors (Lipinski definition) is 4. The summed E-state index contributed by atoms with van der Waals surface area (Å²) in [6.45, 7) is 2.99. The third kappa shape index (κ3) is 7.04. The van der Waals surface area contributed by atoms with E-state index >= 15 is 0 Å². The zero-order valence-electron chi connectivity index (χ0n) is 17.5. The van der Waals surface area contributed by atoms with Crippen molar-refractivity contribution in [3.63, 3.8) is 0 Å². The van der Waals surface area contributed by atoms with Gasteiger partial charge in [0.2, 0.25) is 6.41 Å². The molecule has 0 fully saturated rings. The second-order valence-electron chi connectivity index (χ2n) is 6.12. The van der Waals surface area contributed by atoms with Gasteiger partial charge in [0.25, 0.3) is 11.8 Å². The lowest BCUT2D eigenvalue weighted by Crippen LogP contribution is -2.25. The van der Waals surface area contributed by atoms with E-state index in [0.29, 0.717) is 29.2 Å². The number of benzene rings is 1. The molecule has 0 aliphatic rings. The fourth-order valence-corrected chi connectivity index (χ4v) is 2.30. The average molecular weight is 445 g/mol. The fraction of sp³-hybridized carbons (Fsp3) is 0.250. The molecule has 0 spiro atoms. The van der Waals surface area contributed by atoms with Crippen LogP contribution >= 0.6 is 0 Å². The van der Waals surface area contributed by atoms with E-state index in [1.165, 1.54) is 17.6 Å². The number of hydroxylamine groups is 1. The van der Waals surface area contributed by atoms with Gasteiger partial charge in [-0.2, -0.15) is 0 Å². The number of nitrogens with zero attached hydrogens (tertiary/aromatic N) is 2. The van der Waals surface area contributed by atoms with E-state index in [9.17, 15) is 14.4 Å². The maximum atomic E-state index is 12.2. The first-order valence-electron chi connectivity index (χ1n) is 9.46. The number of carbonyl (C=O) groups is 3. The van der Waals surface area contributed by atoms with Crippen LogP contribution in [-0.2, 0) is 16.0 Å². The van der Waals surface area contributed by atoms with Gasteiger partial charge in [0.15, 0.2) is 17.1 Å². The highest BCUT2D eigenvalue weighted by molar-refractivity contribution is 5.93. The van der Waals surface area contributed by atoms with Crippen molar-refractivity contribution in [2.75, 3.05) is 25.6 Å². The Bertz CT molecular complexity index is 1010. The number of hydrogen-bond acceptors (Lipinski definition) is 9. The Morgan fingerprint density at radius 2 is 1.75 bits per heavy atom. The van der Waals surface area contributed by atoms with Gasteiger partial charge in [0, 0.05) is 50.1 Å². The van der Waals surface area contributed by atoms with Crippen LogP contribution in [0.5, 0.6) is 0 Å². The predicted octanol–water partition coefficient (Wildman–Crippen LogP) is 1.64. The topological polar surface area (TPSA) is 169 Å². The van der Waals surface area contributed by atoms with Gasteiger partial charge < -0.3 is 24.4 Å². The van der Waals surface area contributed by atoms with Crippen LogP contribution in [0.3, 0.4) is 0 Å². The molecule has 2 heterocycles. The maximum absolute atomic E-state index is 12.2. The summed E-state index contributed by atoms with van der Waals surface area (Å²) in [5.41, 5.74) is 2.80. The van der Waals surface area contributed by atoms with Gasteiger partial charge in [-0.15, -0.1) is 0 Å². The van der Waals surface area contributed by atoms with Crippen LogP contribution in [0, 0.1) is 0 Å². The molecule has 3 aromatic rings. The molecule has 0 atom stereocenters. The summed E-state index contributed by atoms with van der Waals surface area (Å²) in [5.74, 6) is -0.465. The zero-order chi connectivity index (χ0) is 23.3. The monoisotopic (exact) mass is 445 g/mol. The van der Waals surface area contributed by atoms with Gasteiger partial charge in [-0.25, -0.2) is 5.48 Å². The molecule has 1 aromatic carbocycles. The van der Waals surface area contributed by atoms with Crippen LogP contribution < -0.4 is 16.1 Å². The van der Waals surface area contributed by atoms with E-state index in [2.05, 4.69) is 25.7 Å². The minimum Gasteiger partial charge on any atom is -0.385 e. The Labute approximate surface area is 182 Å². The SMILES string of the molecule is CCOC.O=CNc1ccc(-c2cc(C(=O)NCCc3cc(C(=O)NO)no3)no2)cc1. The Morgan fingerprint density at radius 3 is 2.38 bits per heavy atom. The number of carbonyl (C=O) groups excluding carboxylic acids is 3. The fourth-order valence-electron chi connectivity index (χ4n) is 2.30. The van der Waals surface area contributed by atoms with Crippen LogP contribution in [0.4, 0.5) is 5.69 Å². The van der Waals surface area contributed by atoms with Crippen LogP contribution in [0.1, 0.15) is 33.7 Å². The number of amides is 3. The number of rotatable bonds is 9. The van der Waals surface area contributed by atoms with Crippen LogP contribution in [0.15, 0.2) is 45.4 Å². The molecule has 0 bridgehead atoms. The van der Waals surface area contributed by atoms with Crippen molar-refractivity contribution in [1.29, 1.82) is 0 Å². The molecule has 0 radical (unpaired) electrons. The molecular formula is C20H23N5O7. The summed E-state index contributed by atoms with van der Waals surface area (Å²) in [7, 11) is 1.68. The van der Waals surface area contributed by atoms with Crippen LogP contribution in [0.2, 0.25) is 0 Å². The van der Waals surface area contributed by atoms with Crippen molar-refractivity contribution >= 4 is 23.9 Å². The summed E-state index contributed by atoms with van der Waals surface area (Å²) in [6, 6.07) is 9.67. The molecule has 0 aliphatic heterocycles. The van der Waals surface area contributed by atoms with Gasteiger partial charge >= 0.3 is 0 Å². The van der Waals surface area contributed by atoms with Gasteiger partial charge in [-0.3, -0.25) is 19.6 Å². The summed E-state index contributed by atoms with van der Waals surface area (Å²) in [6.07, 6.45) is 0.861. The van der Waals surface area contributed by atoms with Crippen molar-refractivity contribution in [2.24, 2.45) is 0 Å². The smallest absolute Gasteiger partial charge is 0.296 e. The minimum atomic E-state index is -0.788. The molecule has 3 amide bonds. The predicted molar refractivity (Wildman–Crippen MR) is 111 cm³/mol. The van der Waals surface area contributed by atoms with Gasteiger partial charge in [0.05, 0.1) is 0 Å². The molecule has 2 aromatic heterocycles. The maximum Gasteiger partial charge on any atom is 0.296 e. The van der Waals surface area contributed by atoms with E-state index in [-0.39, 0.29) is 24.4 Å². The second kappa shape index (κ2) is 12.6. The number of ether oxygens (including phenoxy) is 1. The molecule has 32 heavy (non-hydrogen) atoms. The van der Waals surface area contributed by atoms with E-state index in [1.54, 1.807) is 31.4 Å². The quantitative estimate of drug-likeness (QED) is 0.217. The van der Waals surface area contributed by atoms with Crippen molar-refractivity contribution in [2.45, 2.75) is 13.3 Å². The number of anilines is 1. The van der Waals surface area contributed by atoms with Gasteiger partial charge in [-0.05, 0) is 31.2 Å². The normalized spacial score (nSPS) is 9.97. The summed E-state index contributed by atoms with van der Waals surface area (Å²) < 4.78 is 14.7. The number of nitrogens with one attached hydrogen (secondary N) is 3. The number of methoxy groups -OCH3 is 1. The lowest BCUT2D eigenvalue weighted by molar-refractivity contribution is -0.105. The first kappa shape index (κ1) is 24.2. The zero-order valence-corrected chi connectivity index (χ0v) is 17.5. The molecule has 0 saturated heterocycles. The van der Waals surface area contributed by atoms with Crippen molar-refractivity contribution in [1.82, 2.24) is 21.1 Å². The molecule has 0 unspecified atom stereocenters.